The summed E-state index contributed by atoms with van der Waals surface area (Å²) in [6, 6.07) is 15.5. The van der Waals surface area contributed by atoms with Crippen molar-refractivity contribution in [2.24, 2.45) is 10.7 Å². The van der Waals surface area contributed by atoms with Crippen LogP contribution in [-0.4, -0.2) is 38.7 Å². The van der Waals surface area contributed by atoms with Gasteiger partial charge in [0.05, 0.1) is 13.7 Å². The van der Waals surface area contributed by atoms with E-state index in [0.29, 0.717) is 12.3 Å². The van der Waals surface area contributed by atoms with Crippen molar-refractivity contribution in [1.82, 2.24) is 10.6 Å². The van der Waals surface area contributed by atoms with Crippen LogP contribution in [0.4, 0.5) is 0 Å². The van der Waals surface area contributed by atoms with Gasteiger partial charge in [-0.3, -0.25) is 4.79 Å². The van der Waals surface area contributed by atoms with E-state index in [0.717, 1.165) is 36.8 Å². The average Bonchev–Trinajstić information content (AvgIpc) is 2.71. The highest BCUT2D eigenvalue weighted by Crippen LogP contribution is 2.14. The Morgan fingerprint density at radius 2 is 1.86 bits per heavy atom. The molecule has 0 aliphatic carbocycles. The van der Waals surface area contributed by atoms with Gasteiger partial charge in [0, 0.05) is 13.1 Å². The molecule has 7 heteroatoms. The molecule has 0 aliphatic heterocycles. The Balaban J connectivity index is 1.88. The number of nitrogens with two attached hydrogens (primary N) is 1. The summed E-state index contributed by atoms with van der Waals surface area (Å²) in [7, 11) is 1.66. The zero-order valence-electron chi connectivity index (χ0n) is 16.4. The molecule has 0 unspecified atom stereocenters. The molecule has 2 aromatic rings. The van der Waals surface area contributed by atoms with Crippen LogP contribution in [0.5, 0.6) is 11.5 Å². The summed E-state index contributed by atoms with van der Waals surface area (Å²) in [5.41, 5.74) is 7.31. The first-order valence-corrected chi connectivity index (χ1v) is 9.26. The molecule has 0 radical (unpaired) electrons. The first-order chi connectivity index (χ1) is 13.6. The Labute approximate surface area is 165 Å². The molecule has 0 bridgehead atoms. The molecule has 4 N–H and O–H groups in total. The molecule has 0 saturated heterocycles. The van der Waals surface area contributed by atoms with E-state index in [2.05, 4.69) is 27.8 Å². The van der Waals surface area contributed by atoms with E-state index in [1.54, 1.807) is 13.2 Å². The summed E-state index contributed by atoms with van der Waals surface area (Å²) in [4.78, 5) is 15.4. The third kappa shape index (κ3) is 7.57. The van der Waals surface area contributed by atoms with Gasteiger partial charge in [-0.25, -0.2) is 4.99 Å². The lowest BCUT2D eigenvalue weighted by Gasteiger charge is -2.12. The van der Waals surface area contributed by atoms with Crippen molar-refractivity contribution in [2.75, 3.05) is 26.8 Å². The number of nitrogens with one attached hydrogen (secondary N) is 2. The number of nitrogens with zero attached hydrogens (tertiary/aromatic N) is 1. The van der Waals surface area contributed by atoms with Crippen LogP contribution in [0.1, 0.15) is 18.1 Å². The van der Waals surface area contributed by atoms with Gasteiger partial charge in [-0.05, 0) is 48.7 Å². The topological polar surface area (TPSA) is 98.0 Å². The summed E-state index contributed by atoms with van der Waals surface area (Å²) >= 11 is 0. The number of carbonyl (C=O) groups is 1. The Morgan fingerprint density at radius 1 is 1.07 bits per heavy atom. The normalized spacial score (nSPS) is 11.0. The van der Waals surface area contributed by atoms with Crippen LogP contribution in [0.15, 0.2) is 53.5 Å². The molecule has 1 amide bonds. The maximum Gasteiger partial charge on any atom is 0.255 e. The second-order valence-corrected chi connectivity index (χ2v) is 6.12. The Bertz CT molecular complexity index is 775. The van der Waals surface area contributed by atoms with E-state index in [-0.39, 0.29) is 6.61 Å². The summed E-state index contributed by atoms with van der Waals surface area (Å²) in [5, 5.41) is 6.58. The monoisotopic (exact) mass is 384 g/mol. The molecule has 2 aromatic carbocycles. The minimum Gasteiger partial charge on any atom is -0.497 e. The van der Waals surface area contributed by atoms with Crippen molar-refractivity contribution >= 4 is 11.9 Å². The maximum absolute atomic E-state index is 10.8. The molecule has 0 spiro atoms. The van der Waals surface area contributed by atoms with E-state index in [1.165, 1.54) is 5.56 Å². The van der Waals surface area contributed by atoms with E-state index >= 15 is 0 Å². The molecule has 2 rings (SSSR count). The van der Waals surface area contributed by atoms with Gasteiger partial charge in [-0.1, -0.05) is 24.3 Å². The Hall–Kier alpha value is -3.22. The van der Waals surface area contributed by atoms with Crippen molar-refractivity contribution in [3.8, 4) is 11.5 Å². The van der Waals surface area contributed by atoms with Gasteiger partial charge in [-0.2, -0.15) is 0 Å². The van der Waals surface area contributed by atoms with Crippen LogP contribution < -0.4 is 25.8 Å². The van der Waals surface area contributed by atoms with E-state index in [1.807, 2.05) is 37.3 Å². The SMILES string of the molecule is CCNC(=NCc1cccc(OCC(N)=O)c1)NCCc1ccc(OC)cc1. The number of rotatable bonds is 10. The Kier molecular flexibility index (Phi) is 8.65. The van der Waals surface area contributed by atoms with Crippen molar-refractivity contribution in [3.05, 3.63) is 59.7 Å². The first-order valence-electron chi connectivity index (χ1n) is 9.26. The lowest BCUT2D eigenvalue weighted by Crippen LogP contribution is -2.38. The summed E-state index contributed by atoms with van der Waals surface area (Å²) in [5.74, 6) is 1.70. The number of ether oxygens (including phenoxy) is 2. The van der Waals surface area contributed by atoms with Gasteiger partial charge in [0.15, 0.2) is 12.6 Å². The van der Waals surface area contributed by atoms with Crippen molar-refractivity contribution in [1.29, 1.82) is 0 Å². The molecule has 7 nitrogen and oxygen atoms in total. The summed E-state index contributed by atoms with van der Waals surface area (Å²) in [6.45, 7) is 3.92. The molecular weight excluding hydrogens is 356 g/mol. The quantitative estimate of drug-likeness (QED) is 0.429. The van der Waals surface area contributed by atoms with Crippen LogP contribution in [0.2, 0.25) is 0 Å². The van der Waals surface area contributed by atoms with Crippen molar-refractivity contribution in [2.45, 2.75) is 19.9 Å². The number of methoxy groups -OCH3 is 1. The average molecular weight is 384 g/mol. The highest BCUT2D eigenvalue weighted by atomic mass is 16.5. The number of primary amides is 1. The molecular formula is C21H28N4O3. The standard InChI is InChI=1S/C21H28N4O3/c1-3-23-21(24-12-11-16-7-9-18(27-2)10-8-16)25-14-17-5-4-6-19(13-17)28-15-20(22)26/h4-10,13H,3,11-12,14-15H2,1-2H3,(H2,22,26)(H2,23,24,25). The molecule has 0 aromatic heterocycles. The van der Waals surface area contributed by atoms with Crippen LogP contribution in [0, 0.1) is 0 Å². The molecule has 28 heavy (non-hydrogen) atoms. The van der Waals surface area contributed by atoms with Gasteiger partial charge in [0.25, 0.3) is 5.91 Å². The summed E-state index contributed by atoms with van der Waals surface area (Å²) in [6.07, 6.45) is 0.880. The number of hydrogen-bond acceptors (Lipinski definition) is 4. The number of amides is 1. The predicted octanol–water partition coefficient (Wildman–Crippen LogP) is 1.86. The molecule has 0 heterocycles. The number of aliphatic imine (C=N–C) groups is 1. The van der Waals surface area contributed by atoms with Crippen molar-refractivity contribution < 1.29 is 14.3 Å². The van der Waals surface area contributed by atoms with Crippen LogP contribution in [0.3, 0.4) is 0 Å². The number of guanidine groups is 1. The number of benzene rings is 2. The highest BCUT2D eigenvalue weighted by molar-refractivity contribution is 5.79. The minimum atomic E-state index is -0.501. The fraction of sp³-hybridized carbons (Fsp3) is 0.333. The largest absolute Gasteiger partial charge is 0.497 e. The summed E-state index contributed by atoms with van der Waals surface area (Å²) < 4.78 is 10.5. The van der Waals surface area contributed by atoms with Gasteiger partial charge >= 0.3 is 0 Å². The number of carbonyl (C=O) groups excluding carboxylic acids is 1. The smallest absolute Gasteiger partial charge is 0.255 e. The fourth-order valence-corrected chi connectivity index (χ4v) is 2.52. The minimum absolute atomic E-state index is 0.137. The zero-order chi connectivity index (χ0) is 20.2. The molecule has 0 aliphatic rings. The van der Waals surface area contributed by atoms with Gasteiger partial charge < -0.3 is 25.8 Å². The van der Waals surface area contributed by atoms with Crippen LogP contribution in [0.25, 0.3) is 0 Å². The first kappa shape index (κ1) is 21.1. The van der Waals surface area contributed by atoms with Gasteiger partial charge in [0.1, 0.15) is 11.5 Å². The molecule has 150 valence electrons. The molecule has 0 atom stereocenters. The van der Waals surface area contributed by atoms with Gasteiger partial charge in [-0.15, -0.1) is 0 Å². The van der Waals surface area contributed by atoms with E-state index in [4.69, 9.17) is 15.2 Å². The zero-order valence-corrected chi connectivity index (χ0v) is 16.4. The second kappa shape index (κ2) is 11.5. The highest BCUT2D eigenvalue weighted by Gasteiger charge is 2.02. The van der Waals surface area contributed by atoms with E-state index in [9.17, 15) is 4.79 Å². The van der Waals surface area contributed by atoms with Gasteiger partial charge in [0.2, 0.25) is 0 Å². The lowest BCUT2D eigenvalue weighted by atomic mass is 10.1. The fourth-order valence-electron chi connectivity index (χ4n) is 2.52. The lowest BCUT2D eigenvalue weighted by molar-refractivity contribution is -0.119. The third-order valence-corrected chi connectivity index (χ3v) is 3.91. The number of hydrogen-bond donors (Lipinski definition) is 3. The third-order valence-electron chi connectivity index (χ3n) is 3.91. The Morgan fingerprint density at radius 3 is 2.54 bits per heavy atom. The predicted molar refractivity (Wildman–Crippen MR) is 111 cm³/mol. The molecule has 0 fully saturated rings. The second-order valence-electron chi connectivity index (χ2n) is 6.12. The molecule has 0 saturated carbocycles. The van der Waals surface area contributed by atoms with Crippen molar-refractivity contribution in [3.63, 3.8) is 0 Å². The van der Waals surface area contributed by atoms with E-state index < -0.39 is 5.91 Å². The maximum atomic E-state index is 10.8. The van der Waals surface area contributed by atoms with Crippen LogP contribution >= 0.6 is 0 Å². The van der Waals surface area contributed by atoms with Crippen LogP contribution in [-0.2, 0) is 17.8 Å².